The van der Waals surface area contributed by atoms with E-state index in [4.69, 9.17) is 0 Å². The van der Waals surface area contributed by atoms with Crippen LogP contribution in [0.15, 0.2) is 0 Å². The molecule has 0 bridgehead atoms. The molecule has 4 unspecified atom stereocenters. The molecule has 1 saturated carbocycles. The highest BCUT2D eigenvalue weighted by atomic mass is 16.1. The normalized spacial score (nSPS) is 54.8. The van der Waals surface area contributed by atoms with Crippen molar-refractivity contribution in [2.75, 3.05) is 6.54 Å². The highest BCUT2D eigenvalue weighted by Gasteiger charge is 2.55. The molecule has 0 aromatic carbocycles. The van der Waals surface area contributed by atoms with Gasteiger partial charge in [-0.3, -0.25) is 0 Å². The number of hydrogen-bond donors (Lipinski definition) is 1. The zero-order valence-electron chi connectivity index (χ0n) is 5.50. The van der Waals surface area contributed by atoms with Gasteiger partial charge in [-0.25, -0.2) is 0 Å². The van der Waals surface area contributed by atoms with E-state index in [1.807, 2.05) is 0 Å². The van der Waals surface area contributed by atoms with E-state index in [0.717, 1.165) is 24.7 Å². The Hall–Kier alpha value is -0.370. The van der Waals surface area contributed by atoms with Gasteiger partial charge in [0.2, 0.25) is 0 Å². The van der Waals surface area contributed by atoms with E-state index in [-0.39, 0.29) is 6.04 Å². The van der Waals surface area contributed by atoms with E-state index in [9.17, 15) is 4.79 Å². The molecule has 1 saturated heterocycles. The lowest BCUT2D eigenvalue weighted by Gasteiger charge is -2.04. The monoisotopic (exact) mass is 125 g/mol. The summed E-state index contributed by atoms with van der Waals surface area (Å²) in [5, 5.41) is 3.17. The third-order valence-electron chi connectivity index (χ3n) is 2.79. The van der Waals surface area contributed by atoms with Crippen molar-refractivity contribution in [3.63, 3.8) is 0 Å². The van der Waals surface area contributed by atoms with E-state index in [0.29, 0.717) is 5.92 Å². The van der Waals surface area contributed by atoms with Crippen LogP contribution in [-0.2, 0) is 4.79 Å². The summed E-state index contributed by atoms with van der Waals surface area (Å²) in [4.78, 5) is 10.3. The fourth-order valence-electron chi connectivity index (χ4n) is 2.04. The van der Waals surface area contributed by atoms with Crippen molar-refractivity contribution >= 4 is 6.29 Å². The first-order chi connectivity index (χ1) is 4.34. The number of rotatable bonds is 1. The first kappa shape index (κ1) is 5.42. The Morgan fingerprint density at radius 3 is 2.78 bits per heavy atom. The van der Waals surface area contributed by atoms with Crippen LogP contribution in [0.4, 0.5) is 0 Å². The summed E-state index contributed by atoms with van der Waals surface area (Å²) in [6.45, 7) is 3.29. The van der Waals surface area contributed by atoms with Crippen LogP contribution < -0.4 is 5.32 Å². The Balaban J connectivity index is 2.06. The molecule has 0 spiro atoms. The molecule has 1 aliphatic heterocycles. The van der Waals surface area contributed by atoms with E-state index >= 15 is 0 Å². The maximum absolute atomic E-state index is 10.3. The SMILES string of the molecule is CC1C2CNC(C=O)C12. The predicted molar refractivity (Wildman–Crippen MR) is 34.0 cm³/mol. The lowest BCUT2D eigenvalue weighted by atomic mass is 10.2. The minimum absolute atomic E-state index is 0.185. The first-order valence-corrected chi connectivity index (χ1v) is 3.53. The molecule has 9 heavy (non-hydrogen) atoms. The maximum atomic E-state index is 10.3. The second-order valence-corrected chi connectivity index (χ2v) is 3.17. The van der Waals surface area contributed by atoms with Crippen molar-refractivity contribution in [3.8, 4) is 0 Å². The fourth-order valence-corrected chi connectivity index (χ4v) is 2.04. The van der Waals surface area contributed by atoms with Gasteiger partial charge in [0, 0.05) is 0 Å². The van der Waals surface area contributed by atoms with Gasteiger partial charge in [-0.05, 0) is 24.3 Å². The van der Waals surface area contributed by atoms with Crippen LogP contribution in [0, 0.1) is 17.8 Å². The zero-order chi connectivity index (χ0) is 6.43. The smallest absolute Gasteiger partial charge is 0.137 e. The van der Waals surface area contributed by atoms with Gasteiger partial charge in [0.15, 0.2) is 0 Å². The van der Waals surface area contributed by atoms with Crippen molar-refractivity contribution in [1.29, 1.82) is 0 Å². The quantitative estimate of drug-likeness (QED) is 0.501. The molecule has 2 aliphatic rings. The van der Waals surface area contributed by atoms with Gasteiger partial charge in [0.1, 0.15) is 6.29 Å². The van der Waals surface area contributed by atoms with Crippen molar-refractivity contribution in [3.05, 3.63) is 0 Å². The number of nitrogens with one attached hydrogen (secondary N) is 1. The number of carbonyl (C=O) groups is 1. The predicted octanol–water partition coefficient (Wildman–Crippen LogP) is 0.0392. The molecule has 50 valence electrons. The van der Waals surface area contributed by atoms with Crippen LogP contribution >= 0.6 is 0 Å². The van der Waals surface area contributed by atoms with Crippen molar-refractivity contribution in [1.82, 2.24) is 5.32 Å². The number of fused-ring (bicyclic) bond motifs is 1. The Bertz CT molecular complexity index is 146. The average molecular weight is 125 g/mol. The van der Waals surface area contributed by atoms with Crippen LogP contribution in [0.2, 0.25) is 0 Å². The average Bonchev–Trinajstić information content (AvgIpc) is 2.41. The number of carbonyl (C=O) groups excluding carboxylic acids is 1. The molecule has 1 heterocycles. The molecule has 1 N–H and O–H groups in total. The van der Waals surface area contributed by atoms with Crippen LogP contribution in [0.25, 0.3) is 0 Å². The standard InChI is InChI=1S/C7H11NO/c1-4-5-2-8-6(3-9)7(4)5/h3-8H,2H2,1H3. The second kappa shape index (κ2) is 1.57. The third kappa shape index (κ3) is 0.568. The van der Waals surface area contributed by atoms with E-state index < -0.39 is 0 Å². The van der Waals surface area contributed by atoms with Crippen LogP contribution in [0.3, 0.4) is 0 Å². The lowest BCUT2D eigenvalue weighted by Crippen LogP contribution is -2.28. The molecule has 2 rings (SSSR count). The molecular formula is C7H11NO. The summed E-state index contributed by atoms with van der Waals surface area (Å²) in [6.07, 6.45) is 1.05. The second-order valence-electron chi connectivity index (χ2n) is 3.17. The van der Waals surface area contributed by atoms with Crippen LogP contribution in [0.5, 0.6) is 0 Å². The van der Waals surface area contributed by atoms with Gasteiger partial charge < -0.3 is 10.1 Å². The van der Waals surface area contributed by atoms with Crippen LogP contribution in [-0.4, -0.2) is 18.9 Å². The van der Waals surface area contributed by atoms with Gasteiger partial charge in [0.25, 0.3) is 0 Å². The minimum Gasteiger partial charge on any atom is -0.307 e. The largest absolute Gasteiger partial charge is 0.307 e. The summed E-state index contributed by atoms with van der Waals surface area (Å²) in [5.41, 5.74) is 0. The molecule has 0 aromatic rings. The van der Waals surface area contributed by atoms with Gasteiger partial charge in [-0.1, -0.05) is 6.92 Å². The number of piperidine rings is 1. The van der Waals surface area contributed by atoms with Crippen molar-refractivity contribution in [2.45, 2.75) is 13.0 Å². The van der Waals surface area contributed by atoms with E-state index in [2.05, 4.69) is 12.2 Å². The molecule has 4 atom stereocenters. The highest BCUT2D eigenvalue weighted by Crippen LogP contribution is 2.50. The summed E-state index contributed by atoms with van der Waals surface area (Å²) in [7, 11) is 0. The Labute approximate surface area is 54.6 Å². The molecule has 0 aromatic heterocycles. The molecule has 0 radical (unpaired) electrons. The molecule has 2 heteroatoms. The van der Waals surface area contributed by atoms with Gasteiger partial charge in [-0.15, -0.1) is 0 Å². The number of aldehydes is 1. The Morgan fingerprint density at radius 2 is 2.44 bits per heavy atom. The van der Waals surface area contributed by atoms with Crippen molar-refractivity contribution in [2.24, 2.45) is 17.8 Å². The molecule has 2 fully saturated rings. The van der Waals surface area contributed by atoms with Gasteiger partial charge in [0.05, 0.1) is 6.04 Å². The number of hydrogen-bond acceptors (Lipinski definition) is 2. The fraction of sp³-hybridized carbons (Fsp3) is 0.857. The van der Waals surface area contributed by atoms with Crippen molar-refractivity contribution < 1.29 is 4.79 Å². The summed E-state index contributed by atoms with van der Waals surface area (Å²) >= 11 is 0. The first-order valence-electron chi connectivity index (χ1n) is 3.53. The summed E-state index contributed by atoms with van der Waals surface area (Å²) in [5.74, 6) is 2.31. The van der Waals surface area contributed by atoms with E-state index in [1.54, 1.807) is 0 Å². The molecule has 2 nitrogen and oxygen atoms in total. The maximum Gasteiger partial charge on any atom is 0.137 e. The molecule has 1 aliphatic carbocycles. The van der Waals surface area contributed by atoms with Crippen LogP contribution in [0.1, 0.15) is 6.92 Å². The lowest BCUT2D eigenvalue weighted by molar-refractivity contribution is -0.109. The van der Waals surface area contributed by atoms with Gasteiger partial charge >= 0.3 is 0 Å². The topological polar surface area (TPSA) is 29.1 Å². The van der Waals surface area contributed by atoms with Gasteiger partial charge in [-0.2, -0.15) is 0 Å². The highest BCUT2D eigenvalue weighted by molar-refractivity contribution is 5.60. The zero-order valence-corrected chi connectivity index (χ0v) is 5.50. The molecule has 0 amide bonds. The molecular weight excluding hydrogens is 114 g/mol. The third-order valence-corrected chi connectivity index (χ3v) is 2.79. The Morgan fingerprint density at radius 1 is 1.67 bits per heavy atom. The van der Waals surface area contributed by atoms with E-state index in [1.165, 1.54) is 0 Å². The Kier molecular flexibility index (Phi) is 0.943. The summed E-state index contributed by atoms with van der Waals surface area (Å²) in [6, 6.07) is 0.185. The minimum atomic E-state index is 0.185. The summed E-state index contributed by atoms with van der Waals surface area (Å²) < 4.78 is 0.